The topological polar surface area (TPSA) is 63.7 Å². The Balaban J connectivity index is 1.57. The number of likely N-dealkylation sites (tertiary alicyclic amines) is 1. The van der Waals surface area contributed by atoms with Crippen molar-refractivity contribution in [2.75, 3.05) is 26.5 Å². The van der Waals surface area contributed by atoms with E-state index in [4.69, 9.17) is 4.74 Å². The zero-order chi connectivity index (χ0) is 19.4. The van der Waals surface area contributed by atoms with Crippen LogP contribution in [-0.2, 0) is 27.5 Å². The van der Waals surface area contributed by atoms with Crippen molar-refractivity contribution < 1.29 is 17.9 Å². The average Bonchev–Trinajstić information content (AvgIpc) is 3.07. The molecule has 1 unspecified atom stereocenters. The average molecular weight is 388 g/mol. The van der Waals surface area contributed by atoms with E-state index in [9.17, 15) is 13.2 Å². The molecule has 2 aromatic rings. The predicted octanol–water partition coefficient (Wildman–Crippen LogP) is 2.94. The van der Waals surface area contributed by atoms with Crippen molar-refractivity contribution >= 4 is 15.8 Å². The molecule has 0 amide bonds. The molecule has 5 nitrogen and oxygen atoms in total. The van der Waals surface area contributed by atoms with Crippen molar-refractivity contribution in [1.82, 2.24) is 4.90 Å². The summed E-state index contributed by atoms with van der Waals surface area (Å²) in [7, 11) is -1.75. The van der Waals surface area contributed by atoms with Crippen LogP contribution in [0.15, 0.2) is 53.4 Å². The lowest BCUT2D eigenvalue weighted by Gasteiger charge is -2.16. The highest BCUT2D eigenvalue weighted by Gasteiger charge is 2.23. The summed E-state index contributed by atoms with van der Waals surface area (Å²) in [4.78, 5) is 14.4. The highest BCUT2D eigenvalue weighted by Crippen LogP contribution is 2.23. The normalized spacial score (nSPS) is 17.8. The third-order valence-corrected chi connectivity index (χ3v) is 6.13. The number of methoxy groups -OCH3 is 1. The van der Waals surface area contributed by atoms with E-state index in [0.717, 1.165) is 43.6 Å². The van der Waals surface area contributed by atoms with Gasteiger partial charge in [0.1, 0.15) is 0 Å². The second-order valence-electron chi connectivity index (χ2n) is 7.20. The van der Waals surface area contributed by atoms with E-state index in [-0.39, 0.29) is 5.97 Å². The molecule has 0 radical (unpaired) electrons. The summed E-state index contributed by atoms with van der Waals surface area (Å²) in [6.07, 6.45) is 3.28. The molecule has 0 N–H and O–H groups in total. The summed E-state index contributed by atoms with van der Waals surface area (Å²) in [6, 6.07) is 14.8. The number of carbonyl (C=O) groups excluding carboxylic acids is 1. The molecule has 6 heteroatoms. The number of carbonyl (C=O) groups is 1. The number of hydrogen-bond donors (Lipinski definition) is 0. The Morgan fingerprint density at radius 2 is 1.89 bits per heavy atom. The third kappa shape index (κ3) is 5.17. The molecule has 0 bridgehead atoms. The first-order valence-corrected chi connectivity index (χ1v) is 10.9. The van der Waals surface area contributed by atoms with E-state index in [1.807, 2.05) is 24.3 Å². The van der Waals surface area contributed by atoms with Crippen molar-refractivity contribution in [1.29, 1.82) is 0 Å². The van der Waals surface area contributed by atoms with Crippen molar-refractivity contribution in [3.8, 4) is 0 Å². The molecule has 2 aromatic carbocycles. The summed E-state index contributed by atoms with van der Waals surface area (Å²) in [5, 5.41) is 0. The zero-order valence-electron chi connectivity index (χ0n) is 15.7. The van der Waals surface area contributed by atoms with Gasteiger partial charge in [-0.3, -0.25) is 4.90 Å². The first-order valence-electron chi connectivity index (χ1n) is 9.04. The first-order chi connectivity index (χ1) is 12.8. The molecule has 27 heavy (non-hydrogen) atoms. The summed E-state index contributed by atoms with van der Waals surface area (Å²) >= 11 is 0. The highest BCUT2D eigenvalue weighted by atomic mass is 32.2. The maximum absolute atomic E-state index is 11.7. The predicted molar refractivity (Wildman–Crippen MR) is 104 cm³/mol. The van der Waals surface area contributed by atoms with E-state index >= 15 is 0 Å². The summed E-state index contributed by atoms with van der Waals surface area (Å²) in [5.74, 6) is 0.246. The fourth-order valence-corrected chi connectivity index (χ4v) is 4.23. The molecule has 0 spiro atoms. The minimum Gasteiger partial charge on any atom is -0.465 e. The van der Waals surface area contributed by atoms with Gasteiger partial charge >= 0.3 is 5.97 Å². The number of hydrogen-bond acceptors (Lipinski definition) is 5. The molecule has 1 saturated heterocycles. The Hall–Kier alpha value is -2.18. The van der Waals surface area contributed by atoms with Crippen LogP contribution in [0.4, 0.5) is 0 Å². The zero-order valence-corrected chi connectivity index (χ0v) is 16.5. The number of sulfone groups is 1. The van der Waals surface area contributed by atoms with Gasteiger partial charge in [-0.2, -0.15) is 0 Å². The molecule has 3 rings (SSSR count). The Morgan fingerprint density at radius 1 is 1.15 bits per heavy atom. The second kappa shape index (κ2) is 8.23. The lowest BCUT2D eigenvalue weighted by Crippen LogP contribution is -2.20. The molecule has 0 aromatic heterocycles. The van der Waals surface area contributed by atoms with Gasteiger partial charge in [0.25, 0.3) is 0 Å². The van der Waals surface area contributed by atoms with Crippen molar-refractivity contribution in [3.05, 3.63) is 65.2 Å². The second-order valence-corrected chi connectivity index (χ2v) is 9.22. The summed E-state index contributed by atoms with van der Waals surface area (Å²) in [5.41, 5.74) is 2.87. The van der Waals surface area contributed by atoms with Crippen LogP contribution in [0.1, 0.15) is 27.9 Å². The lowest BCUT2D eigenvalue weighted by atomic mass is 9.97. The van der Waals surface area contributed by atoms with Crippen LogP contribution < -0.4 is 0 Å². The minimum absolute atomic E-state index is 0.303. The van der Waals surface area contributed by atoms with Crippen LogP contribution in [0.5, 0.6) is 0 Å². The molecule has 1 heterocycles. The molecular formula is C21H25NO4S. The summed E-state index contributed by atoms with van der Waals surface area (Å²) < 4.78 is 27.9. The maximum atomic E-state index is 11.7. The van der Waals surface area contributed by atoms with Gasteiger partial charge < -0.3 is 4.74 Å². The van der Waals surface area contributed by atoms with Crippen LogP contribution in [0.3, 0.4) is 0 Å². The highest BCUT2D eigenvalue weighted by molar-refractivity contribution is 7.90. The number of esters is 1. The van der Waals surface area contributed by atoms with Crippen molar-refractivity contribution in [2.24, 2.45) is 5.92 Å². The van der Waals surface area contributed by atoms with Gasteiger partial charge in [0.2, 0.25) is 0 Å². The van der Waals surface area contributed by atoms with E-state index in [1.165, 1.54) is 13.4 Å². The van der Waals surface area contributed by atoms with Gasteiger partial charge in [-0.05, 0) is 60.7 Å². The van der Waals surface area contributed by atoms with E-state index in [0.29, 0.717) is 16.4 Å². The fraction of sp³-hybridized carbons (Fsp3) is 0.381. The molecular weight excluding hydrogens is 362 g/mol. The number of benzene rings is 2. The molecule has 0 saturated carbocycles. The van der Waals surface area contributed by atoms with Crippen LogP contribution in [0.2, 0.25) is 0 Å². The fourth-order valence-electron chi connectivity index (χ4n) is 3.60. The Bertz CT molecular complexity index is 906. The Labute approximate surface area is 160 Å². The standard InChI is InChI=1S/C21H25NO4S/c1-26-21(23)19-5-3-4-17(13-19)12-18-10-11-22(15-18)14-16-6-8-20(9-7-16)27(2,24)25/h3-9,13,18H,10-12,14-15H2,1-2H3. The largest absolute Gasteiger partial charge is 0.465 e. The van der Waals surface area contributed by atoms with Crippen molar-refractivity contribution in [2.45, 2.75) is 24.3 Å². The quantitative estimate of drug-likeness (QED) is 0.713. The van der Waals surface area contributed by atoms with Crippen molar-refractivity contribution in [3.63, 3.8) is 0 Å². The van der Waals surface area contributed by atoms with Crippen LogP contribution >= 0.6 is 0 Å². The van der Waals surface area contributed by atoms with Gasteiger partial charge in [0.05, 0.1) is 17.6 Å². The molecule has 1 fully saturated rings. The van der Waals surface area contributed by atoms with Gasteiger partial charge in [-0.25, -0.2) is 13.2 Å². The summed E-state index contributed by atoms with van der Waals surface area (Å²) in [6.45, 7) is 2.84. The van der Waals surface area contributed by atoms with Gasteiger partial charge in [0, 0.05) is 19.3 Å². The Morgan fingerprint density at radius 3 is 2.56 bits per heavy atom. The number of rotatable bonds is 6. The maximum Gasteiger partial charge on any atom is 0.337 e. The third-order valence-electron chi connectivity index (χ3n) is 5.00. The molecule has 1 aliphatic heterocycles. The first kappa shape index (κ1) is 19.6. The number of ether oxygens (including phenoxy) is 1. The number of nitrogens with zero attached hydrogens (tertiary/aromatic N) is 1. The monoisotopic (exact) mass is 387 g/mol. The van der Waals surface area contributed by atoms with Crippen LogP contribution in [0, 0.1) is 5.92 Å². The van der Waals surface area contributed by atoms with E-state index in [1.54, 1.807) is 18.2 Å². The van der Waals surface area contributed by atoms with Gasteiger partial charge in [0.15, 0.2) is 9.84 Å². The van der Waals surface area contributed by atoms with E-state index in [2.05, 4.69) is 11.0 Å². The Kier molecular flexibility index (Phi) is 5.97. The SMILES string of the molecule is COC(=O)c1cccc(CC2CCN(Cc3ccc(S(C)(=O)=O)cc3)C2)c1. The molecule has 1 aliphatic rings. The van der Waals surface area contributed by atoms with Gasteiger partial charge in [-0.15, -0.1) is 0 Å². The lowest BCUT2D eigenvalue weighted by molar-refractivity contribution is 0.0600. The smallest absolute Gasteiger partial charge is 0.337 e. The molecule has 144 valence electrons. The molecule has 1 atom stereocenters. The van der Waals surface area contributed by atoms with E-state index < -0.39 is 9.84 Å². The minimum atomic E-state index is -3.15. The van der Waals surface area contributed by atoms with Crippen LogP contribution in [0.25, 0.3) is 0 Å². The van der Waals surface area contributed by atoms with Gasteiger partial charge in [-0.1, -0.05) is 24.3 Å². The van der Waals surface area contributed by atoms with Crippen LogP contribution in [-0.4, -0.2) is 45.7 Å². The molecule has 0 aliphatic carbocycles.